The number of para-hydroxylation sites is 1. The van der Waals surface area contributed by atoms with Crippen molar-refractivity contribution in [2.24, 2.45) is 10.9 Å². The van der Waals surface area contributed by atoms with E-state index in [1.165, 1.54) is 31.0 Å². The van der Waals surface area contributed by atoms with Gasteiger partial charge in [0.25, 0.3) is 0 Å². The molecule has 4 rings (SSSR count). The number of nitrogens with zero attached hydrogens (tertiary/aromatic N) is 4. The molecular weight excluding hydrogens is 579 g/mol. The molecule has 234 valence electrons. The molecule has 0 saturated carbocycles. The van der Waals surface area contributed by atoms with Crippen LogP contribution in [0.1, 0.15) is 39.3 Å². The summed E-state index contributed by atoms with van der Waals surface area (Å²) in [7, 11) is -2.78. The number of anilines is 1. The van der Waals surface area contributed by atoms with Gasteiger partial charge in [0.1, 0.15) is 41.9 Å². The average molecular weight is 619 g/mol. The van der Waals surface area contributed by atoms with E-state index in [4.69, 9.17) is 24.3 Å². The van der Waals surface area contributed by atoms with Gasteiger partial charge in [0, 0.05) is 13.3 Å². The van der Waals surface area contributed by atoms with Crippen LogP contribution in [-0.4, -0.2) is 81.6 Å². The lowest BCUT2D eigenvalue weighted by Crippen LogP contribution is -2.43. The van der Waals surface area contributed by atoms with Crippen LogP contribution < -0.4 is 15.3 Å². The second-order valence-corrected chi connectivity index (χ2v) is 12.0. The predicted molar refractivity (Wildman–Crippen MR) is 159 cm³/mol. The summed E-state index contributed by atoms with van der Waals surface area (Å²) in [6.07, 6.45) is 0.0605. The van der Waals surface area contributed by atoms with Crippen molar-refractivity contribution >= 4 is 31.3 Å². The van der Waals surface area contributed by atoms with Gasteiger partial charge in [0.05, 0.1) is 18.9 Å². The summed E-state index contributed by atoms with van der Waals surface area (Å²) in [5, 5.41) is 29.2. The number of ether oxygens (including phenoxy) is 2. The predicted octanol–water partition coefficient (Wildman–Crippen LogP) is 2.49. The number of fused-ring (bicyclic) bond motifs is 1. The highest BCUT2D eigenvalue weighted by Crippen LogP contribution is 2.47. The minimum atomic E-state index is -4.27. The van der Waals surface area contributed by atoms with Crippen molar-refractivity contribution in [2.75, 3.05) is 26.0 Å². The molecule has 1 aliphatic heterocycles. The van der Waals surface area contributed by atoms with Crippen LogP contribution >= 0.6 is 7.75 Å². The minimum absolute atomic E-state index is 0.204. The van der Waals surface area contributed by atoms with E-state index in [0.717, 1.165) is 12.8 Å². The van der Waals surface area contributed by atoms with Crippen molar-refractivity contribution < 1.29 is 38.1 Å². The number of aliphatic hydroxyl groups excluding tert-OH is 2. The number of carbonyl (C=O) groups is 1. The number of aromatic nitrogens is 3. The molecule has 0 aliphatic carbocycles. The summed E-state index contributed by atoms with van der Waals surface area (Å²) in [4.78, 5) is 20.8. The fraction of sp³-hybridized carbons (Fsp3) is 0.500. The Morgan fingerprint density at radius 3 is 2.65 bits per heavy atom. The number of nitrogen functional groups attached to an aromatic ring is 1. The number of aliphatic hydroxyl groups is 2. The maximum Gasteiger partial charge on any atom is 0.459 e. The van der Waals surface area contributed by atoms with Crippen LogP contribution in [0.4, 0.5) is 5.82 Å². The molecule has 1 saturated heterocycles. The Hall–Kier alpha value is -3.39. The van der Waals surface area contributed by atoms with Crippen molar-refractivity contribution in [2.45, 2.75) is 63.6 Å². The van der Waals surface area contributed by atoms with Gasteiger partial charge in [-0.1, -0.05) is 44.9 Å². The number of esters is 1. The summed E-state index contributed by atoms with van der Waals surface area (Å²) < 4.78 is 38.5. The number of benzene rings is 1. The summed E-state index contributed by atoms with van der Waals surface area (Å²) in [5.74, 6) is 0.00267. The Labute approximate surface area is 249 Å². The molecule has 1 aromatic carbocycles. The van der Waals surface area contributed by atoms with Gasteiger partial charge in [0.2, 0.25) is 0 Å². The molecule has 2 aromatic heterocycles. The summed E-state index contributed by atoms with van der Waals surface area (Å²) in [6.45, 7) is 5.25. The fourth-order valence-corrected chi connectivity index (χ4v) is 6.33. The third-order valence-electron chi connectivity index (χ3n) is 7.39. The zero-order valence-corrected chi connectivity index (χ0v) is 25.5. The number of carbonyl (C=O) groups excluding carboxylic acids is 1. The monoisotopic (exact) mass is 618 g/mol. The number of nitrogens with one attached hydrogen (secondary N) is 1. The minimum Gasteiger partial charge on any atom is -0.464 e. The Morgan fingerprint density at radius 2 is 1.98 bits per heavy atom. The number of aliphatic imine (C=N–C) groups is 1. The maximum absolute atomic E-state index is 14.0. The van der Waals surface area contributed by atoms with Gasteiger partial charge >= 0.3 is 13.7 Å². The van der Waals surface area contributed by atoms with E-state index in [1.54, 1.807) is 42.5 Å². The molecule has 0 radical (unpaired) electrons. The van der Waals surface area contributed by atoms with Crippen molar-refractivity contribution in [1.82, 2.24) is 19.7 Å². The first-order valence-corrected chi connectivity index (χ1v) is 15.6. The van der Waals surface area contributed by atoms with Crippen LogP contribution in [0.3, 0.4) is 0 Å². The summed E-state index contributed by atoms with van der Waals surface area (Å²) in [6, 6.07) is 10.5. The van der Waals surface area contributed by atoms with Gasteiger partial charge < -0.3 is 29.9 Å². The lowest BCUT2D eigenvalue weighted by atomic mass is 9.92. The van der Waals surface area contributed by atoms with E-state index in [0.29, 0.717) is 11.2 Å². The number of hydrogen-bond acceptors (Lipinski definition) is 12. The largest absolute Gasteiger partial charge is 0.464 e. The first-order valence-electron chi connectivity index (χ1n) is 14.1. The van der Waals surface area contributed by atoms with Crippen molar-refractivity contribution in [3.63, 3.8) is 0 Å². The van der Waals surface area contributed by atoms with Crippen LogP contribution in [0, 0.1) is 5.92 Å². The average Bonchev–Trinajstić information content (AvgIpc) is 3.54. The lowest BCUT2D eigenvalue weighted by Gasteiger charge is -2.28. The van der Waals surface area contributed by atoms with Crippen molar-refractivity contribution in [3.8, 4) is 5.75 Å². The highest BCUT2D eigenvalue weighted by atomic mass is 31.2. The van der Waals surface area contributed by atoms with Gasteiger partial charge in [-0.3, -0.25) is 14.3 Å². The van der Waals surface area contributed by atoms with E-state index in [1.807, 2.05) is 13.8 Å². The second kappa shape index (κ2) is 13.9. The normalized spacial score (nSPS) is 24.4. The highest BCUT2D eigenvalue weighted by molar-refractivity contribution is 7.52. The molecule has 5 N–H and O–H groups in total. The molecule has 43 heavy (non-hydrogen) atoms. The maximum atomic E-state index is 14.0. The quantitative estimate of drug-likeness (QED) is 0.117. The Morgan fingerprint density at radius 1 is 1.26 bits per heavy atom. The third-order valence-corrected chi connectivity index (χ3v) is 9.04. The molecule has 6 atom stereocenters. The molecule has 14 nitrogen and oxygen atoms in total. The van der Waals surface area contributed by atoms with E-state index >= 15 is 0 Å². The Bertz CT molecular complexity index is 1450. The lowest BCUT2D eigenvalue weighted by molar-refractivity contribution is -0.146. The molecular formula is C28H39N6O8P. The SMILES string of the molecule is CCC(CC)COC(=O)[C@H](C)NP(=O)(OC[C@H]1OC(C=NC)(c2ccc3c(N)ncnn23)[C@H](O)[C@@H]1O)Oc1ccccc1. The molecule has 3 heterocycles. The number of hydrogen-bond donors (Lipinski definition) is 4. The number of nitrogens with two attached hydrogens (primary N) is 1. The topological polar surface area (TPSA) is 192 Å². The molecule has 0 bridgehead atoms. The van der Waals surface area contributed by atoms with Crippen LogP contribution in [0.15, 0.2) is 53.8 Å². The van der Waals surface area contributed by atoms with Gasteiger partial charge in [-0.05, 0) is 37.1 Å². The van der Waals surface area contributed by atoms with Crippen LogP contribution in [-0.2, 0) is 29.0 Å². The van der Waals surface area contributed by atoms with E-state index in [-0.39, 0.29) is 24.1 Å². The molecule has 15 heteroatoms. The third kappa shape index (κ3) is 7.06. The van der Waals surface area contributed by atoms with E-state index in [9.17, 15) is 19.6 Å². The van der Waals surface area contributed by atoms with Crippen LogP contribution in [0.25, 0.3) is 5.52 Å². The second-order valence-electron chi connectivity index (χ2n) is 10.3. The summed E-state index contributed by atoms with van der Waals surface area (Å²) >= 11 is 0. The Kier molecular flexibility index (Phi) is 10.5. The molecule has 2 unspecified atom stereocenters. The summed E-state index contributed by atoms with van der Waals surface area (Å²) in [5.41, 5.74) is 5.10. The van der Waals surface area contributed by atoms with E-state index in [2.05, 4.69) is 20.2 Å². The van der Waals surface area contributed by atoms with Crippen LogP contribution in [0.5, 0.6) is 5.75 Å². The molecule has 3 aromatic rings. The number of rotatable bonds is 14. The molecule has 1 aliphatic rings. The van der Waals surface area contributed by atoms with Gasteiger partial charge in [-0.2, -0.15) is 10.2 Å². The zero-order chi connectivity index (χ0) is 31.2. The fourth-order valence-electron chi connectivity index (χ4n) is 4.83. The van der Waals surface area contributed by atoms with Gasteiger partial charge in [-0.25, -0.2) is 14.1 Å². The van der Waals surface area contributed by atoms with Gasteiger partial charge in [0.15, 0.2) is 11.4 Å². The molecule has 0 spiro atoms. The highest BCUT2D eigenvalue weighted by Gasteiger charge is 2.56. The first kappa shape index (κ1) is 32.5. The molecule has 0 amide bonds. The van der Waals surface area contributed by atoms with Crippen LogP contribution in [0.2, 0.25) is 0 Å². The van der Waals surface area contributed by atoms with Gasteiger partial charge in [-0.15, -0.1) is 0 Å². The first-order chi connectivity index (χ1) is 20.6. The standard InChI is InChI=1S/C28H39N6O8P/c1-5-19(6-2)14-39-27(37)18(3)33-43(38,42-20-10-8-7-9-11-20)40-15-22-24(35)25(36)28(41-22,16-30-4)23-13-12-21-26(29)31-17-32-34(21)23/h7-13,16-19,22,24-25,35-36H,5-6,14-15H2,1-4H3,(H,33,38)(H2,29,31,32)/t18-,22+,24+,25+,28?,43?/m0/s1. The Balaban J connectivity index is 1.56. The van der Waals surface area contributed by atoms with Crippen molar-refractivity contribution in [3.05, 3.63) is 54.5 Å². The molecule has 1 fully saturated rings. The van der Waals surface area contributed by atoms with Crippen molar-refractivity contribution in [1.29, 1.82) is 0 Å². The smallest absolute Gasteiger partial charge is 0.459 e. The zero-order valence-electron chi connectivity index (χ0n) is 24.6. The van der Waals surface area contributed by atoms with E-state index < -0.39 is 50.3 Å².